The molecule has 3 rings (SSSR count). The summed E-state index contributed by atoms with van der Waals surface area (Å²) in [6.07, 6.45) is 8.43. The molecule has 19 heavy (non-hydrogen) atoms. The summed E-state index contributed by atoms with van der Waals surface area (Å²) < 4.78 is 11.5. The molecule has 0 unspecified atom stereocenters. The monoisotopic (exact) mass is 267 g/mol. The van der Waals surface area contributed by atoms with E-state index in [4.69, 9.17) is 9.47 Å². The maximum absolute atomic E-state index is 12.2. The molecule has 1 aliphatic heterocycles. The Bertz CT molecular complexity index is 324. The van der Waals surface area contributed by atoms with Gasteiger partial charge in [-0.05, 0) is 31.6 Å². The highest BCUT2D eigenvalue weighted by atomic mass is 16.7. The molecule has 4 nitrogen and oxygen atoms in total. The summed E-state index contributed by atoms with van der Waals surface area (Å²) in [5, 5.41) is 0. The van der Waals surface area contributed by atoms with E-state index in [-0.39, 0.29) is 5.79 Å². The predicted molar refractivity (Wildman–Crippen MR) is 71.6 cm³/mol. The molecule has 0 aromatic heterocycles. The van der Waals surface area contributed by atoms with Crippen LogP contribution in [0.3, 0.4) is 0 Å². The molecule has 1 heterocycles. The minimum atomic E-state index is -0.311. The number of carbonyl (C=O) groups is 1. The van der Waals surface area contributed by atoms with Gasteiger partial charge in [0.2, 0.25) is 5.91 Å². The maximum Gasteiger partial charge on any atom is 0.222 e. The summed E-state index contributed by atoms with van der Waals surface area (Å²) in [6, 6.07) is 0.381. The SMILES string of the molecule is CN(C(=O)CC1CCC1)C1CCC2(CC1)OCCO2. The van der Waals surface area contributed by atoms with Crippen molar-refractivity contribution in [3.05, 3.63) is 0 Å². The lowest BCUT2D eigenvalue weighted by atomic mass is 9.82. The zero-order chi connectivity index (χ0) is 13.3. The standard InChI is InChI=1S/C15H25NO3/c1-16(14(17)11-12-3-2-4-12)13-5-7-15(8-6-13)18-9-10-19-15/h12-13H,2-11H2,1H3. The molecule has 3 aliphatic rings. The van der Waals surface area contributed by atoms with E-state index in [2.05, 4.69) is 0 Å². The summed E-state index contributed by atoms with van der Waals surface area (Å²) in [7, 11) is 1.97. The summed E-state index contributed by atoms with van der Waals surface area (Å²) in [5.74, 6) is 0.680. The summed E-state index contributed by atoms with van der Waals surface area (Å²) in [5.41, 5.74) is 0. The van der Waals surface area contributed by atoms with Crippen molar-refractivity contribution in [2.45, 2.75) is 63.2 Å². The van der Waals surface area contributed by atoms with Crippen LogP contribution in [0.4, 0.5) is 0 Å². The first-order valence-electron chi connectivity index (χ1n) is 7.72. The van der Waals surface area contributed by atoms with Crippen LogP contribution in [0.5, 0.6) is 0 Å². The summed E-state index contributed by atoms with van der Waals surface area (Å²) in [4.78, 5) is 14.2. The Morgan fingerprint density at radius 3 is 2.32 bits per heavy atom. The number of hydrogen-bond donors (Lipinski definition) is 0. The third kappa shape index (κ3) is 2.79. The molecule has 108 valence electrons. The van der Waals surface area contributed by atoms with Gasteiger partial charge in [-0.1, -0.05) is 6.42 Å². The number of ether oxygens (including phenoxy) is 2. The minimum Gasteiger partial charge on any atom is -0.348 e. The number of rotatable bonds is 3. The fraction of sp³-hybridized carbons (Fsp3) is 0.933. The van der Waals surface area contributed by atoms with Gasteiger partial charge in [0.1, 0.15) is 0 Å². The van der Waals surface area contributed by atoms with E-state index >= 15 is 0 Å². The van der Waals surface area contributed by atoms with Crippen molar-refractivity contribution in [1.82, 2.24) is 4.90 Å². The number of nitrogens with zero attached hydrogens (tertiary/aromatic N) is 1. The zero-order valence-electron chi connectivity index (χ0n) is 11.9. The average molecular weight is 267 g/mol. The van der Waals surface area contributed by atoms with Crippen LogP contribution in [0.25, 0.3) is 0 Å². The number of carbonyl (C=O) groups excluding carboxylic acids is 1. The Hall–Kier alpha value is -0.610. The molecular weight excluding hydrogens is 242 g/mol. The second kappa shape index (κ2) is 5.41. The van der Waals surface area contributed by atoms with Crippen molar-refractivity contribution < 1.29 is 14.3 Å². The normalized spacial score (nSPS) is 27.4. The molecule has 0 aromatic rings. The van der Waals surface area contributed by atoms with Crippen molar-refractivity contribution >= 4 is 5.91 Å². The van der Waals surface area contributed by atoms with Gasteiger partial charge in [-0.15, -0.1) is 0 Å². The van der Waals surface area contributed by atoms with Crippen LogP contribution in [-0.2, 0) is 14.3 Å². The highest BCUT2D eigenvalue weighted by molar-refractivity contribution is 5.76. The quantitative estimate of drug-likeness (QED) is 0.787. The first-order valence-corrected chi connectivity index (χ1v) is 7.72. The van der Waals surface area contributed by atoms with Crippen molar-refractivity contribution in [3.8, 4) is 0 Å². The van der Waals surface area contributed by atoms with E-state index in [1.165, 1.54) is 19.3 Å². The fourth-order valence-corrected chi connectivity index (χ4v) is 3.51. The molecule has 0 radical (unpaired) electrons. The van der Waals surface area contributed by atoms with Crippen LogP contribution in [0, 0.1) is 5.92 Å². The first kappa shape index (κ1) is 13.4. The lowest BCUT2D eigenvalue weighted by Gasteiger charge is -2.39. The highest BCUT2D eigenvalue weighted by Crippen LogP contribution is 2.37. The molecule has 0 atom stereocenters. The zero-order valence-corrected chi connectivity index (χ0v) is 11.9. The minimum absolute atomic E-state index is 0.311. The average Bonchev–Trinajstić information content (AvgIpc) is 2.82. The Balaban J connectivity index is 1.48. The van der Waals surface area contributed by atoms with Crippen molar-refractivity contribution in [2.24, 2.45) is 5.92 Å². The van der Waals surface area contributed by atoms with Gasteiger partial charge in [-0.2, -0.15) is 0 Å². The molecular formula is C15H25NO3. The number of amides is 1. The molecule has 0 aromatic carbocycles. The van der Waals surface area contributed by atoms with Crippen molar-refractivity contribution in [2.75, 3.05) is 20.3 Å². The van der Waals surface area contributed by atoms with Crippen LogP contribution in [-0.4, -0.2) is 42.9 Å². The Kier molecular flexibility index (Phi) is 3.81. The topological polar surface area (TPSA) is 38.8 Å². The van der Waals surface area contributed by atoms with Gasteiger partial charge < -0.3 is 14.4 Å². The van der Waals surface area contributed by atoms with Crippen molar-refractivity contribution in [1.29, 1.82) is 0 Å². The molecule has 2 saturated carbocycles. The number of hydrogen-bond acceptors (Lipinski definition) is 3. The molecule has 0 N–H and O–H groups in total. The van der Waals surface area contributed by atoms with Gasteiger partial charge in [0.25, 0.3) is 0 Å². The molecule has 1 spiro atoms. The Morgan fingerprint density at radius 2 is 1.79 bits per heavy atom. The van der Waals surface area contributed by atoms with Crippen LogP contribution in [0.2, 0.25) is 0 Å². The van der Waals surface area contributed by atoms with E-state index in [9.17, 15) is 4.79 Å². The van der Waals surface area contributed by atoms with Crippen LogP contribution in [0.1, 0.15) is 51.4 Å². The molecule has 1 amide bonds. The van der Waals surface area contributed by atoms with Gasteiger partial charge in [-0.25, -0.2) is 0 Å². The van der Waals surface area contributed by atoms with E-state index in [1.807, 2.05) is 11.9 Å². The maximum atomic E-state index is 12.2. The molecule has 0 bridgehead atoms. The van der Waals surface area contributed by atoms with Gasteiger partial charge in [0.15, 0.2) is 5.79 Å². The molecule has 4 heteroatoms. The van der Waals surface area contributed by atoms with Crippen molar-refractivity contribution in [3.63, 3.8) is 0 Å². The van der Waals surface area contributed by atoms with Crippen LogP contribution in [0.15, 0.2) is 0 Å². The van der Waals surface area contributed by atoms with E-state index in [1.54, 1.807) is 0 Å². The van der Waals surface area contributed by atoms with Gasteiger partial charge >= 0.3 is 0 Å². The van der Waals surface area contributed by atoms with Crippen LogP contribution < -0.4 is 0 Å². The van der Waals surface area contributed by atoms with E-state index < -0.39 is 0 Å². The van der Waals surface area contributed by atoms with Gasteiger partial charge in [-0.3, -0.25) is 4.79 Å². The second-order valence-electron chi connectivity index (χ2n) is 6.34. The second-order valence-corrected chi connectivity index (χ2v) is 6.34. The molecule has 3 fully saturated rings. The molecule has 2 aliphatic carbocycles. The smallest absolute Gasteiger partial charge is 0.222 e. The lowest BCUT2D eigenvalue weighted by Crippen LogP contribution is -2.45. The van der Waals surface area contributed by atoms with E-state index in [0.717, 1.165) is 45.3 Å². The Morgan fingerprint density at radius 1 is 1.16 bits per heavy atom. The molecule has 1 saturated heterocycles. The fourth-order valence-electron chi connectivity index (χ4n) is 3.51. The third-order valence-corrected chi connectivity index (χ3v) is 5.16. The van der Waals surface area contributed by atoms with E-state index in [0.29, 0.717) is 17.9 Å². The van der Waals surface area contributed by atoms with Crippen LogP contribution >= 0.6 is 0 Å². The third-order valence-electron chi connectivity index (χ3n) is 5.16. The van der Waals surface area contributed by atoms with Gasteiger partial charge in [0, 0.05) is 32.4 Å². The predicted octanol–water partition coefficient (Wildman–Crippen LogP) is 2.32. The summed E-state index contributed by atoms with van der Waals surface area (Å²) in [6.45, 7) is 1.45. The lowest BCUT2D eigenvalue weighted by molar-refractivity contribution is -0.184. The Labute approximate surface area is 115 Å². The summed E-state index contributed by atoms with van der Waals surface area (Å²) >= 11 is 0. The highest BCUT2D eigenvalue weighted by Gasteiger charge is 2.41. The first-order chi connectivity index (χ1) is 9.19. The largest absolute Gasteiger partial charge is 0.348 e. The van der Waals surface area contributed by atoms with Gasteiger partial charge in [0.05, 0.1) is 13.2 Å².